The maximum atomic E-state index is 11.5. The Morgan fingerprint density at radius 2 is 1.84 bits per heavy atom. The van der Waals surface area contributed by atoms with Gasteiger partial charge in [-0.05, 0) is 18.9 Å². The van der Waals surface area contributed by atoms with Gasteiger partial charge in [-0.15, -0.1) is 0 Å². The molecule has 0 amide bonds. The Kier molecular flexibility index (Phi) is 6.64. The van der Waals surface area contributed by atoms with Gasteiger partial charge in [0.05, 0.1) is 12.5 Å². The monoisotopic (exact) mass is 264 g/mol. The van der Waals surface area contributed by atoms with Crippen LogP contribution in [0.3, 0.4) is 0 Å². The number of rotatable bonds is 7. The first-order valence-electron chi connectivity index (χ1n) is 6.49. The molecule has 0 aliphatic carbocycles. The summed E-state index contributed by atoms with van der Waals surface area (Å²) in [7, 11) is 0. The van der Waals surface area contributed by atoms with Crippen LogP contribution in [0.4, 0.5) is 0 Å². The average Bonchev–Trinajstić information content (AvgIpc) is 2.43. The molecule has 0 N–H and O–H groups in total. The summed E-state index contributed by atoms with van der Waals surface area (Å²) < 4.78 is 10.0. The van der Waals surface area contributed by atoms with E-state index >= 15 is 0 Å². The van der Waals surface area contributed by atoms with Crippen LogP contribution in [0, 0.1) is 5.92 Å². The van der Waals surface area contributed by atoms with Gasteiger partial charge in [-0.25, -0.2) is 0 Å². The van der Waals surface area contributed by atoms with Gasteiger partial charge >= 0.3 is 11.9 Å². The summed E-state index contributed by atoms with van der Waals surface area (Å²) in [6.45, 7) is 4.15. The second-order valence-corrected chi connectivity index (χ2v) is 4.34. The van der Waals surface area contributed by atoms with Crippen molar-refractivity contribution in [2.24, 2.45) is 5.92 Å². The zero-order valence-corrected chi connectivity index (χ0v) is 11.4. The van der Waals surface area contributed by atoms with E-state index in [-0.39, 0.29) is 30.9 Å². The highest BCUT2D eigenvalue weighted by molar-refractivity contribution is 5.74. The maximum Gasteiger partial charge on any atom is 0.308 e. The molecule has 0 fully saturated rings. The molecule has 0 heterocycles. The number of hydrogen-bond donors (Lipinski definition) is 0. The molecule has 1 atom stereocenters. The van der Waals surface area contributed by atoms with Crippen molar-refractivity contribution in [1.82, 2.24) is 0 Å². The molecule has 0 saturated heterocycles. The average molecular weight is 264 g/mol. The zero-order valence-electron chi connectivity index (χ0n) is 11.4. The molecule has 1 aromatic rings. The third-order valence-corrected chi connectivity index (χ3v) is 2.71. The fourth-order valence-electron chi connectivity index (χ4n) is 1.55. The maximum absolute atomic E-state index is 11.5. The Bertz CT molecular complexity index is 400. The smallest absolute Gasteiger partial charge is 0.308 e. The van der Waals surface area contributed by atoms with E-state index in [0.717, 1.165) is 5.56 Å². The molecule has 4 nitrogen and oxygen atoms in total. The lowest BCUT2D eigenvalue weighted by atomic mass is 10.1. The molecule has 0 saturated carbocycles. The van der Waals surface area contributed by atoms with Crippen molar-refractivity contribution in [3.05, 3.63) is 35.9 Å². The molecule has 0 unspecified atom stereocenters. The normalized spacial score (nSPS) is 11.7. The van der Waals surface area contributed by atoms with Crippen LogP contribution in [0.1, 0.15) is 32.3 Å². The summed E-state index contributed by atoms with van der Waals surface area (Å²) in [6, 6.07) is 9.49. The number of hydrogen-bond acceptors (Lipinski definition) is 4. The molecular weight excluding hydrogens is 244 g/mol. The lowest BCUT2D eigenvalue weighted by molar-refractivity contribution is -0.149. The van der Waals surface area contributed by atoms with Crippen molar-refractivity contribution in [3.63, 3.8) is 0 Å². The lowest BCUT2D eigenvalue weighted by Gasteiger charge is -2.10. The van der Waals surface area contributed by atoms with Gasteiger partial charge < -0.3 is 9.47 Å². The van der Waals surface area contributed by atoms with Crippen LogP contribution in [0.15, 0.2) is 30.3 Å². The molecule has 0 bridgehead atoms. The molecule has 0 radical (unpaired) electrons. The Balaban J connectivity index is 2.23. The minimum Gasteiger partial charge on any atom is -0.466 e. The number of benzene rings is 1. The number of carbonyl (C=O) groups is 2. The minimum absolute atomic E-state index is 0.229. The summed E-state index contributed by atoms with van der Waals surface area (Å²) in [5.74, 6) is -0.831. The summed E-state index contributed by atoms with van der Waals surface area (Å²) in [5, 5.41) is 0. The molecule has 0 spiro atoms. The Morgan fingerprint density at radius 1 is 1.16 bits per heavy atom. The van der Waals surface area contributed by atoms with Gasteiger partial charge in [0.1, 0.15) is 6.61 Å². The third kappa shape index (κ3) is 6.04. The van der Waals surface area contributed by atoms with Crippen LogP contribution in [0.5, 0.6) is 0 Å². The first-order chi connectivity index (χ1) is 9.13. The Hall–Kier alpha value is -1.84. The fraction of sp³-hybridized carbons (Fsp3) is 0.467. The second-order valence-electron chi connectivity index (χ2n) is 4.34. The van der Waals surface area contributed by atoms with Gasteiger partial charge in [0.25, 0.3) is 0 Å². The molecule has 4 heteroatoms. The van der Waals surface area contributed by atoms with E-state index < -0.39 is 0 Å². The number of esters is 2. The van der Waals surface area contributed by atoms with E-state index in [4.69, 9.17) is 9.47 Å². The van der Waals surface area contributed by atoms with Crippen LogP contribution >= 0.6 is 0 Å². The van der Waals surface area contributed by atoms with E-state index in [9.17, 15) is 9.59 Å². The highest BCUT2D eigenvalue weighted by atomic mass is 16.5. The molecule has 19 heavy (non-hydrogen) atoms. The SMILES string of the molecule is CCOC(=O)[C@H](C)CCC(=O)OCc1ccccc1. The van der Waals surface area contributed by atoms with Crippen LogP contribution in [-0.4, -0.2) is 18.5 Å². The van der Waals surface area contributed by atoms with Crippen LogP contribution < -0.4 is 0 Å². The third-order valence-electron chi connectivity index (χ3n) is 2.71. The molecule has 1 aromatic carbocycles. The van der Waals surface area contributed by atoms with E-state index in [0.29, 0.717) is 13.0 Å². The summed E-state index contributed by atoms with van der Waals surface area (Å²) in [4.78, 5) is 22.9. The fourth-order valence-corrected chi connectivity index (χ4v) is 1.55. The van der Waals surface area contributed by atoms with Crippen molar-refractivity contribution in [1.29, 1.82) is 0 Å². The quantitative estimate of drug-likeness (QED) is 0.710. The first-order valence-corrected chi connectivity index (χ1v) is 6.49. The van der Waals surface area contributed by atoms with E-state index in [1.165, 1.54) is 0 Å². The van der Waals surface area contributed by atoms with Crippen molar-refractivity contribution in [2.45, 2.75) is 33.3 Å². The number of carbonyl (C=O) groups excluding carboxylic acids is 2. The predicted molar refractivity (Wildman–Crippen MR) is 71.3 cm³/mol. The van der Waals surface area contributed by atoms with Crippen molar-refractivity contribution >= 4 is 11.9 Å². The summed E-state index contributed by atoms with van der Waals surface area (Å²) >= 11 is 0. The summed E-state index contributed by atoms with van der Waals surface area (Å²) in [5.41, 5.74) is 0.953. The van der Waals surface area contributed by atoms with Gasteiger partial charge in [0.15, 0.2) is 0 Å². The predicted octanol–water partition coefficient (Wildman–Crippen LogP) is 2.71. The molecule has 0 aromatic heterocycles. The molecule has 0 aliphatic rings. The minimum atomic E-state index is -0.292. The molecular formula is C15H20O4. The van der Waals surface area contributed by atoms with Crippen molar-refractivity contribution in [2.75, 3.05) is 6.61 Å². The van der Waals surface area contributed by atoms with Crippen molar-refractivity contribution in [3.8, 4) is 0 Å². The van der Waals surface area contributed by atoms with E-state index in [1.807, 2.05) is 30.3 Å². The van der Waals surface area contributed by atoms with Crippen molar-refractivity contribution < 1.29 is 19.1 Å². The largest absolute Gasteiger partial charge is 0.466 e. The summed E-state index contributed by atoms with van der Waals surface area (Å²) in [6.07, 6.45) is 0.680. The zero-order chi connectivity index (χ0) is 14.1. The highest BCUT2D eigenvalue weighted by Crippen LogP contribution is 2.09. The topological polar surface area (TPSA) is 52.6 Å². The van der Waals surface area contributed by atoms with Gasteiger partial charge in [0, 0.05) is 6.42 Å². The van der Waals surface area contributed by atoms with Crippen LogP contribution in [-0.2, 0) is 25.7 Å². The number of ether oxygens (including phenoxy) is 2. The molecule has 1 rings (SSSR count). The second kappa shape index (κ2) is 8.29. The lowest BCUT2D eigenvalue weighted by Crippen LogP contribution is -2.16. The molecule has 0 aliphatic heterocycles. The van der Waals surface area contributed by atoms with Crippen LogP contribution in [0.25, 0.3) is 0 Å². The van der Waals surface area contributed by atoms with Gasteiger partial charge in [-0.1, -0.05) is 37.3 Å². The first kappa shape index (κ1) is 15.2. The highest BCUT2D eigenvalue weighted by Gasteiger charge is 2.16. The van der Waals surface area contributed by atoms with E-state index in [1.54, 1.807) is 13.8 Å². The van der Waals surface area contributed by atoms with Crippen LogP contribution in [0.2, 0.25) is 0 Å². The van der Waals surface area contributed by atoms with Gasteiger partial charge in [-0.2, -0.15) is 0 Å². The van der Waals surface area contributed by atoms with Gasteiger partial charge in [0.2, 0.25) is 0 Å². The van der Waals surface area contributed by atoms with Gasteiger partial charge in [-0.3, -0.25) is 9.59 Å². The Morgan fingerprint density at radius 3 is 2.47 bits per heavy atom. The molecule has 104 valence electrons. The Labute approximate surface area is 113 Å². The van der Waals surface area contributed by atoms with E-state index in [2.05, 4.69) is 0 Å². The standard InChI is InChI=1S/C15H20O4/c1-3-18-15(17)12(2)9-10-14(16)19-11-13-7-5-4-6-8-13/h4-8,12H,3,9-11H2,1-2H3/t12-/m1/s1.